The first-order valence-electron chi connectivity index (χ1n) is 9.04. The Balaban J connectivity index is 1.73. The van der Waals surface area contributed by atoms with E-state index in [9.17, 15) is 0 Å². The summed E-state index contributed by atoms with van der Waals surface area (Å²) in [6.07, 6.45) is 1.05. The van der Waals surface area contributed by atoms with Gasteiger partial charge in [-0.3, -0.25) is 0 Å². The molecular formula is C23H23Br2NO. The molecule has 0 aliphatic carbocycles. The summed E-state index contributed by atoms with van der Waals surface area (Å²) in [6, 6.07) is 21.1. The number of ether oxygens (including phenoxy) is 1. The minimum Gasteiger partial charge on any atom is -0.487 e. The van der Waals surface area contributed by atoms with E-state index in [-0.39, 0.29) is 0 Å². The molecule has 0 aliphatic rings. The van der Waals surface area contributed by atoms with Gasteiger partial charge in [0.15, 0.2) is 0 Å². The van der Waals surface area contributed by atoms with Crippen molar-refractivity contribution in [3.63, 3.8) is 0 Å². The average Bonchev–Trinajstić information content (AvgIpc) is 2.67. The Hall–Kier alpha value is -1.78. The van der Waals surface area contributed by atoms with Gasteiger partial charge in [0.2, 0.25) is 0 Å². The van der Waals surface area contributed by atoms with E-state index in [2.05, 4.69) is 106 Å². The van der Waals surface area contributed by atoms with Gasteiger partial charge in [0, 0.05) is 22.3 Å². The molecule has 3 aromatic rings. The highest BCUT2D eigenvalue weighted by molar-refractivity contribution is 9.11. The van der Waals surface area contributed by atoms with Gasteiger partial charge in [0.25, 0.3) is 0 Å². The van der Waals surface area contributed by atoms with Crippen LogP contribution in [0.5, 0.6) is 5.75 Å². The van der Waals surface area contributed by atoms with Gasteiger partial charge in [-0.1, -0.05) is 64.8 Å². The zero-order valence-corrected chi connectivity index (χ0v) is 18.7. The molecule has 3 aromatic carbocycles. The van der Waals surface area contributed by atoms with E-state index in [0.29, 0.717) is 13.2 Å². The third kappa shape index (κ3) is 5.60. The van der Waals surface area contributed by atoms with Crippen LogP contribution in [0, 0.1) is 6.92 Å². The summed E-state index contributed by atoms with van der Waals surface area (Å²) < 4.78 is 8.14. The van der Waals surface area contributed by atoms with Gasteiger partial charge in [0.05, 0.1) is 4.47 Å². The molecule has 0 saturated carbocycles. The summed E-state index contributed by atoms with van der Waals surface area (Å²) in [5.41, 5.74) is 5.95. The van der Waals surface area contributed by atoms with Crippen LogP contribution < -0.4 is 10.1 Å². The van der Waals surface area contributed by atoms with E-state index in [1.165, 1.54) is 11.1 Å². The molecule has 0 radical (unpaired) electrons. The van der Waals surface area contributed by atoms with Crippen LogP contribution in [0.1, 0.15) is 29.2 Å². The second-order valence-electron chi connectivity index (χ2n) is 6.55. The van der Waals surface area contributed by atoms with Gasteiger partial charge in [-0.15, -0.1) is 0 Å². The number of nitrogens with one attached hydrogen (secondary N) is 1. The number of benzene rings is 3. The maximum Gasteiger partial charge on any atom is 0.139 e. The minimum atomic E-state index is 0.540. The predicted molar refractivity (Wildman–Crippen MR) is 120 cm³/mol. The van der Waals surface area contributed by atoms with Gasteiger partial charge in [0.1, 0.15) is 12.4 Å². The monoisotopic (exact) mass is 487 g/mol. The Morgan fingerprint density at radius 3 is 2.22 bits per heavy atom. The Labute approximate surface area is 178 Å². The van der Waals surface area contributed by atoms with Crippen LogP contribution in [-0.4, -0.2) is 0 Å². The fraction of sp³-hybridized carbons (Fsp3) is 0.217. The van der Waals surface area contributed by atoms with Crippen molar-refractivity contribution >= 4 is 37.5 Å². The highest BCUT2D eigenvalue weighted by atomic mass is 79.9. The lowest BCUT2D eigenvalue weighted by Gasteiger charge is -2.16. The zero-order chi connectivity index (χ0) is 19.2. The van der Waals surface area contributed by atoms with Crippen LogP contribution in [0.2, 0.25) is 0 Å². The zero-order valence-electron chi connectivity index (χ0n) is 15.6. The van der Waals surface area contributed by atoms with Crippen LogP contribution in [0.25, 0.3) is 0 Å². The highest BCUT2D eigenvalue weighted by Crippen LogP contribution is 2.34. The Kier molecular flexibility index (Phi) is 6.97. The summed E-state index contributed by atoms with van der Waals surface area (Å²) in [4.78, 5) is 0. The lowest BCUT2D eigenvalue weighted by atomic mass is 10.1. The van der Waals surface area contributed by atoms with Crippen molar-refractivity contribution in [1.29, 1.82) is 0 Å². The first-order valence-corrected chi connectivity index (χ1v) is 10.6. The van der Waals surface area contributed by atoms with Crippen LogP contribution >= 0.6 is 31.9 Å². The maximum atomic E-state index is 6.17. The van der Waals surface area contributed by atoms with Crippen molar-refractivity contribution in [2.45, 2.75) is 33.4 Å². The van der Waals surface area contributed by atoms with E-state index in [0.717, 1.165) is 37.9 Å². The largest absolute Gasteiger partial charge is 0.487 e. The molecule has 4 heteroatoms. The SMILES string of the molecule is CCc1ccc(NCc2cc(Br)cc(Br)c2OCc2ccc(C)cc2)cc1. The van der Waals surface area contributed by atoms with Crippen molar-refractivity contribution in [3.05, 3.63) is 91.9 Å². The molecule has 27 heavy (non-hydrogen) atoms. The molecule has 0 saturated heterocycles. The summed E-state index contributed by atoms with van der Waals surface area (Å²) in [7, 11) is 0. The Morgan fingerprint density at radius 2 is 1.56 bits per heavy atom. The lowest BCUT2D eigenvalue weighted by molar-refractivity contribution is 0.301. The molecule has 1 N–H and O–H groups in total. The van der Waals surface area contributed by atoms with Gasteiger partial charge < -0.3 is 10.1 Å². The quantitative estimate of drug-likeness (QED) is 0.377. The number of hydrogen-bond donors (Lipinski definition) is 1. The molecule has 0 aliphatic heterocycles. The van der Waals surface area contributed by atoms with Crippen LogP contribution in [0.4, 0.5) is 5.69 Å². The van der Waals surface area contributed by atoms with Crippen LogP contribution in [0.15, 0.2) is 69.6 Å². The van der Waals surface area contributed by atoms with Crippen molar-refractivity contribution in [3.8, 4) is 5.75 Å². The van der Waals surface area contributed by atoms with Gasteiger partial charge in [-0.25, -0.2) is 0 Å². The second kappa shape index (κ2) is 9.43. The number of rotatable bonds is 7. The normalized spacial score (nSPS) is 10.7. The summed E-state index contributed by atoms with van der Waals surface area (Å²) in [6.45, 7) is 5.48. The van der Waals surface area contributed by atoms with E-state index in [4.69, 9.17) is 4.74 Å². The third-order valence-corrected chi connectivity index (χ3v) is 5.48. The van der Waals surface area contributed by atoms with Gasteiger partial charge in [-0.2, -0.15) is 0 Å². The molecule has 140 valence electrons. The second-order valence-corrected chi connectivity index (χ2v) is 8.32. The standard InChI is InChI=1S/C23H23Br2NO/c1-3-17-8-10-21(11-9-17)26-14-19-12-20(24)13-22(25)23(19)27-15-18-6-4-16(2)5-7-18/h4-13,26H,3,14-15H2,1-2H3. The molecule has 0 unspecified atom stereocenters. The molecule has 3 rings (SSSR count). The molecule has 0 fully saturated rings. The van der Waals surface area contributed by atoms with Gasteiger partial charge >= 0.3 is 0 Å². The molecule has 0 bridgehead atoms. The average molecular weight is 489 g/mol. The smallest absolute Gasteiger partial charge is 0.139 e. The van der Waals surface area contributed by atoms with E-state index >= 15 is 0 Å². The molecular weight excluding hydrogens is 466 g/mol. The number of hydrogen-bond acceptors (Lipinski definition) is 2. The predicted octanol–water partition coefficient (Wildman–Crippen LogP) is 7.27. The van der Waals surface area contributed by atoms with Crippen LogP contribution in [-0.2, 0) is 19.6 Å². The van der Waals surface area contributed by atoms with Crippen molar-refractivity contribution in [2.24, 2.45) is 0 Å². The first-order chi connectivity index (χ1) is 13.0. The Bertz CT molecular complexity index is 890. The molecule has 0 amide bonds. The highest BCUT2D eigenvalue weighted by Gasteiger charge is 2.11. The first kappa shape index (κ1) is 20.0. The minimum absolute atomic E-state index is 0.540. The van der Waals surface area contributed by atoms with E-state index < -0.39 is 0 Å². The molecule has 0 atom stereocenters. The maximum absolute atomic E-state index is 6.17. The van der Waals surface area contributed by atoms with E-state index in [1.54, 1.807) is 0 Å². The topological polar surface area (TPSA) is 21.3 Å². The number of anilines is 1. The molecule has 0 spiro atoms. The summed E-state index contributed by atoms with van der Waals surface area (Å²) in [5, 5.41) is 3.49. The molecule has 0 heterocycles. The van der Waals surface area contributed by atoms with Gasteiger partial charge in [-0.05, 0) is 64.7 Å². The summed E-state index contributed by atoms with van der Waals surface area (Å²) in [5.74, 6) is 0.872. The third-order valence-electron chi connectivity index (χ3n) is 4.43. The number of aryl methyl sites for hydroxylation is 2. The summed E-state index contributed by atoms with van der Waals surface area (Å²) >= 11 is 7.23. The molecule has 0 aromatic heterocycles. The van der Waals surface area contributed by atoms with Crippen molar-refractivity contribution in [1.82, 2.24) is 0 Å². The fourth-order valence-electron chi connectivity index (χ4n) is 2.80. The van der Waals surface area contributed by atoms with Crippen LogP contribution in [0.3, 0.4) is 0 Å². The van der Waals surface area contributed by atoms with Crippen molar-refractivity contribution < 1.29 is 4.74 Å². The fourth-order valence-corrected chi connectivity index (χ4v) is 4.23. The number of halogens is 2. The Morgan fingerprint density at radius 1 is 0.889 bits per heavy atom. The molecule has 2 nitrogen and oxygen atoms in total. The van der Waals surface area contributed by atoms with E-state index in [1.807, 2.05) is 6.07 Å². The van der Waals surface area contributed by atoms with Crippen molar-refractivity contribution in [2.75, 3.05) is 5.32 Å². The lowest BCUT2D eigenvalue weighted by Crippen LogP contribution is -2.05.